The van der Waals surface area contributed by atoms with Crippen LogP contribution in [0.25, 0.3) is 0 Å². The van der Waals surface area contributed by atoms with Crippen molar-refractivity contribution in [3.63, 3.8) is 0 Å². The molecule has 1 unspecified atom stereocenters. The first-order valence-electron chi connectivity index (χ1n) is 6.38. The number of hydrogen-bond acceptors (Lipinski definition) is 7. The summed E-state index contributed by atoms with van der Waals surface area (Å²) in [6, 6.07) is 2.02. The van der Waals surface area contributed by atoms with Crippen LogP contribution in [0.2, 0.25) is 0 Å². The van der Waals surface area contributed by atoms with Gasteiger partial charge in [-0.05, 0) is 12.1 Å². The molecule has 1 amide bonds. The lowest BCUT2D eigenvalue weighted by Crippen LogP contribution is -2.39. The number of ether oxygens (including phenoxy) is 4. The topological polar surface area (TPSA) is 109 Å². The maximum Gasteiger partial charge on any atom is 0.338 e. The first kappa shape index (κ1) is 17.7. The number of hydrogen-bond donors (Lipinski definition) is 2. The predicted molar refractivity (Wildman–Crippen MR) is 79.4 cm³/mol. The second kappa shape index (κ2) is 8.20. The second-order valence-corrected chi connectivity index (χ2v) is 4.30. The van der Waals surface area contributed by atoms with Crippen LogP contribution in [0.5, 0.6) is 11.5 Å². The summed E-state index contributed by atoms with van der Waals surface area (Å²) in [5, 5.41) is 2.58. The van der Waals surface area contributed by atoms with Gasteiger partial charge in [0.25, 0.3) is 0 Å². The van der Waals surface area contributed by atoms with E-state index in [2.05, 4.69) is 10.1 Å². The Morgan fingerprint density at radius 2 is 1.86 bits per heavy atom. The molecule has 0 aliphatic rings. The fourth-order valence-electron chi connectivity index (χ4n) is 1.77. The Kier molecular flexibility index (Phi) is 6.61. The lowest BCUT2D eigenvalue weighted by atomic mass is 10.1. The van der Waals surface area contributed by atoms with E-state index >= 15 is 0 Å². The van der Waals surface area contributed by atoms with E-state index in [9.17, 15) is 9.59 Å². The van der Waals surface area contributed by atoms with Gasteiger partial charge in [0.2, 0.25) is 5.91 Å². The van der Waals surface area contributed by atoms with E-state index in [-0.39, 0.29) is 29.4 Å². The third-order valence-electron chi connectivity index (χ3n) is 2.84. The molecule has 0 saturated carbocycles. The van der Waals surface area contributed by atoms with Gasteiger partial charge in [-0.3, -0.25) is 4.79 Å². The van der Waals surface area contributed by atoms with Crippen molar-refractivity contribution in [1.82, 2.24) is 0 Å². The van der Waals surface area contributed by atoms with Crippen LogP contribution in [0.4, 0.5) is 5.69 Å². The van der Waals surface area contributed by atoms with Crippen molar-refractivity contribution in [2.24, 2.45) is 5.73 Å². The molecule has 0 saturated heterocycles. The molecule has 122 valence electrons. The Hall–Kier alpha value is -2.32. The van der Waals surface area contributed by atoms with Gasteiger partial charge < -0.3 is 30.0 Å². The van der Waals surface area contributed by atoms with Gasteiger partial charge in [0, 0.05) is 7.11 Å². The minimum absolute atomic E-state index is 0.0575. The number of rotatable bonds is 7. The standard InChI is InChI=1S/C14H20N2O6/c1-19-7-9(15)13(17)16-10-5-8(14(18)22-4)6-11(20-2)12(10)21-3/h5-6,9H,7,15H2,1-4H3,(H,16,17). The second-order valence-electron chi connectivity index (χ2n) is 4.30. The Morgan fingerprint density at radius 1 is 1.18 bits per heavy atom. The first-order chi connectivity index (χ1) is 10.5. The third kappa shape index (κ3) is 4.09. The van der Waals surface area contributed by atoms with Crippen LogP contribution in [0, 0.1) is 0 Å². The van der Waals surface area contributed by atoms with E-state index in [0.717, 1.165) is 0 Å². The normalized spacial score (nSPS) is 11.5. The molecular weight excluding hydrogens is 292 g/mol. The van der Waals surface area contributed by atoms with Gasteiger partial charge >= 0.3 is 5.97 Å². The van der Waals surface area contributed by atoms with Crippen LogP contribution in [-0.2, 0) is 14.3 Å². The number of methoxy groups -OCH3 is 4. The molecule has 0 heterocycles. The van der Waals surface area contributed by atoms with Gasteiger partial charge in [0.15, 0.2) is 11.5 Å². The molecule has 0 spiro atoms. The molecule has 1 aromatic carbocycles. The van der Waals surface area contributed by atoms with E-state index < -0.39 is 17.9 Å². The van der Waals surface area contributed by atoms with Crippen molar-refractivity contribution in [2.45, 2.75) is 6.04 Å². The number of nitrogens with one attached hydrogen (secondary N) is 1. The van der Waals surface area contributed by atoms with Gasteiger partial charge in [-0.1, -0.05) is 0 Å². The summed E-state index contributed by atoms with van der Waals surface area (Å²) in [6.07, 6.45) is 0. The molecule has 8 heteroatoms. The Balaban J connectivity index is 3.20. The van der Waals surface area contributed by atoms with Crippen LogP contribution in [0.3, 0.4) is 0 Å². The SMILES string of the molecule is COCC(N)C(=O)Nc1cc(C(=O)OC)cc(OC)c1OC. The lowest BCUT2D eigenvalue weighted by molar-refractivity contribution is -0.118. The zero-order valence-electron chi connectivity index (χ0n) is 13.0. The van der Waals surface area contributed by atoms with Gasteiger partial charge in [0.1, 0.15) is 6.04 Å². The maximum absolute atomic E-state index is 12.0. The molecule has 0 aliphatic heterocycles. The highest BCUT2D eigenvalue weighted by Gasteiger charge is 2.20. The molecule has 8 nitrogen and oxygen atoms in total. The van der Waals surface area contributed by atoms with Gasteiger partial charge in [-0.25, -0.2) is 4.79 Å². The molecule has 0 aromatic heterocycles. The fraction of sp³-hybridized carbons (Fsp3) is 0.429. The van der Waals surface area contributed by atoms with E-state index in [1.54, 1.807) is 0 Å². The molecule has 3 N–H and O–H groups in total. The largest absolute Gasteiger partial charge is 0.493 e. The maximum atomic E-state index is 12.0. The van der Waals surface area contributed by atoms with Crippen molar-refractivity contribution >= 4 is 17.6 Å². The van der Waals surface area contributed by atoms with Crippen molar-refractivity contribution in [3.05, 3.63) is 17.7 Å². The molecule has 22 heavy (non-hydrogen) atoms. The summed E-state index contributed by atoms with van der Waals surface area (Å²) in [7, 11) is 5.53. The van der Waals surface area contributed by atoms with Crippen LogP contribution in [0.1, 0.15) is 10.4 Å². The van der Waals surface area contributed by atoms with Crippen LogP contribution < -0.4 is 20.5 Å². The summed E-state index contributed by atoms with van der Waals surface area (Å²) in [6.45, 7) is 0.0575. The Bertz CT molecular complexity index is 546. The van der Waals surface area contributed by atoms with E-state index in [4.69, 9.17) is 19.9 Å². The number of nitrogens with two attached hydrogens (primary N) is 1. The van der Waals surface area contributed by atoms with Gasteiger partial charge in [-0.15, -0.1) is 0 Å². The molecule has 0 radical (unpaired) electrons. The smallest absolute Gasteiger partial charge is 0.338 e. The zero-order chi connectivity index (χ0) is 16.7. The number of anilines is 1. The average Bonchev–Trinajstić information content (AvgIpc) is 2.53. The molecule has 1 atom stereocenters. The summed E-state index contributed by atoms with van der Waals surface area (Å²) in [5.74, 6) is -0.504. The summed E-state index contributed by atoms with van der Waals surface area (Å²) >= 11 is 0. The number of esters is 1. The van der Waals surface area contributed by atoms with Crippen LogP contribution in [-0.4, -0.2) is 53.0 Å². The van der Waals surface area contributed by atoms with Gasteiger partial charge in [0.05, 0.1) is 39.2 Å². The summed E-state index contributed by atoms with van der Waals surface area (Å²) < 4.78 is 19.9. The van der Waals surface area contributed by atoms with Gasteiger partial charge in [-0.2, -0.15) is 0 Å². The Morgan fingerprint density at radius 3 is 2.36 bits per heavy atom. The molecule has 1 rings (SSSR count). The predicted octanol–water partition coefficient (Wildman–Crippen LogP) is 0.403. The van der Waals surface area contributed by atoms with E-state index in [0.29, 0.717) is 0 Å². The monoisotopic (exact) mass is 312 g/mol. The van der Waals surface area contributed by atoms with E-state index in [1.807, 2.05) is 0 Å². The average molecular weight is 312 g/mol. The Labute approximate surface area is 128 Å². The first-order valence-corrected chi connectivity index (χ1v) is 6.38. The molecule has 0 fully saturated rings. The minimum Gasteiger partial charge on any atom is -0.493 e. The molecule has 1 aromatic rings. The van der Waals surface area contributed by atoms with Crippen molar-refractivity contribution in [2.75, 3.05) is 40.4 Å². The van der Waals surface area contributed by atoms with Crippen LogP contribution >= 0.6 is 0 Å². The van der Waals surface area contributed by atoms with E-state index in [1.165, 1.54) is 40.6 Å². The zero-order valence-corrected chi connectivity index (χ0v) is 13.0. The molecular formula is C14H20N2O6. The molecule has 0 bridgehead atoms. The fourth-order valence-corrected chi connectivity index (χ4v) is 1.77. The number of carbonyl (C=O) groups is 2. The summed E-state index contributed by atoms with van der Waals surface area (Å²) in [4.78, 5) is 23.7. The van der Waals surface area contributed by atoms with Crippen LogP contribution in [0.15, 0.2) is 12.1 Å². The lowest BCUT2D eigenvalue weighted by Gasteiger charge is -2.17. The number of carbonyl (C=O) groups excluding carboxylic acids is 2. The minimum atomic E-state index is -0.859. The van der Waals surface area contributed by atoms with Crippen molar-refractivity contribution in [1.29, 1.82) is 0 Å². The highest BCUT2D eigenvalue weighted by molar-refractivity contribution is 5.99. The van der Waals surface area contributed by atoms with Crippen molar-refractivity contribution in [3.8, 4) is 11.5 Å². The highest BCUT2D eigenvalue weighted by atomic mass is 16.5. The summed E-state index contributed by atoms with van der Waals surface area (Å²) in [5.41, 5.74) is 6.11. The molecule has 0 aliphatic carbocycles. The van der Waals surface area contributed by atoms with Crippen molar-refractivity contribution < 1.29 is 28.5 Å². The number of benzene rings is 1. The number of amides is 1. The highest BCUT2D eigenvalue weighted by Crippen LogP contribution is 2.36. The third-order valence-corrected chi connectivity index (χ3v) is 2.84. The quantitative estimate of drug-likeness (QED) is 0.701.